The van der Waals surface area contributed by atoms with Gasteiger partial charge in [0.1, 0.15) is 18.9 Å². The molecule has 35 heavy (non-hydrogen) atoms. The second kappa shape index (κ2) is 9.19. The van der Waals surface area contributed by atoms with Crippen LogP contribution >= 0.6 is 0 Å². The highest BCUT2D eigenvalue weighted by Gasteiger charge is 2.79. The van der Waals surface area contributed by atoms with Crippen LogP contribution in [0.4, 0.5) is 10.5 Å². The molecular formula is C23H24N3O8S+. The highest BCUT2D eigenvalue weighted by Crippen LogP contribution is 2.46. The van der Waals surface area contributed by atoms with E-state index in [1.807, 2.05) is 0 Å². The molecule has 2 aliphatic rings. The zero-order valence-electron chi connectivity index (χ0n) is 19.0. The van der Waals surface area contributed by atoms with Crippen molar-refractivity contribution in [2.45, 2.75) is 36.6 Å². The lowest BCUT2D eigenvalue weighted by Gasteiger charge is -2.44. The number of non-ortho nitro benzene ring substituents is 1. The zero-order chi connectivity index (χ0) is 25.4. The summed E-state index contributed by atoms with van der Waals surface area (Å²) in [4.78, 5) is 49.0. The van der Waals surface area contributed by atoms with Crippen molar-refractivity contribution < 1.29 is 37.5 Å². The van der Waals surface area contributed by atoms with Crippen LogP contribution in [0.3, 0.4) is 0 Å². The molecule has 2 fully saturated rings. The summed E-state index contributed by atoms with van der Waals surface area (Å²) in [5, 5.41) is 12.4. The number of imide groups is 1. The molecule has 2 aromatic rings. The Kier molecular flexibility index (Phi) is 6.43. The maximum absolute atomic E-state index is 13.2. The van der Waals surface area contributed by atoms with Crippen LogP contribution in [0.25, 0.3) is 0 Å². The number of hydrogen-bond acceptors (Lipinski definition) is 8. The average molecular weight is 503 g/mol. The number of β-lactam (4-membered cyclic amide) rings is 1. The number of ether oxygens (including phenoxy) is 2. The number of benzene rings is 2. The number of para-hydroxylation sites is 1. The SMILES string of the molecule is CC1(C)C[N+]2(C(=O)OCc3ccc([N+](=O)[O-])cc3)C(=O)C(NC(=O)COc3ccccc3)[C@@H]2S1=O. The molecule has 0 bridgehead atoms. The molecule has 0 saturated carbocycles. The summed E-state index contributed by atoms with van der Waals surface area (Å²) >= 11 is 0. The molecule has 0 spiro atoms. The second-order valence-corrected chi connectivity index (χ2v) is 11.1. The molecule has 11 nitrogen and oxygen atoms in total. The highest BCUT2D eigenvalue weighted by atomic mass is 32.2. The van der Waals surface area contributed by atoms with Gasteiger partial charge in [0, 0.05) is 12.1 Å². The third-order valence-corrected chi connectivity index (χ3v) is 8.33. The van der Waals surface area contributed by atoms with Crippen LogP contribution in [0.15, 0.2) is 54.6 Å². The van der Waals surface area contributed by atoms with E-state index in [9.17, 15) is 28.7 Å². The summed E-state index contributed by atoms with van der Waals surface area (Å²) in [6.07, 6.45) is -0.872. The lowest BCUT2D eigenvalue weighted by molar-refractivity contribution is -0.820. The van der Waals surface area contributed by atoms with Gasteiger partial charge in [0.15, 0.2) is 6.61 Å². The molecule has 0 radical (unpaired) electrons. The number of hydrogen-bond donors (Lipinski definition) is 1. The summed E-state index contributed by atoms with van der Waals surface area (Å²) in [5.74, 6) is -0.699. The Labute approximate surface area is 203 Å². The zero-order valence-corrected chi connectivity index (χ0v) is 19.9. The quantitative estimate of drug-likeness (QED) is 0.262. The van der Waals surface area contributed by atoms with Crippen molar-refractivity contribution in [1.82, 2.24) is 5.32 Å². The molecule has 12 heteroatoms. The predicted molar refractivity (Wildman–Crippen MR) is 123 cm³/mol. The Hall–Kier alpha value is -3.64. The number of carbonyl (C=O) groups is 3. The van der Waals surface area contributed by atoms with Crippen LogP contribution in [0.1, 0.15) is 19.4 Å². The van der Waals surface area contributed by atoms with Crippen molar-refractivity contribution >= 4 is 34.4 Å². The average Bonchev–Trinajstić information content (AvgIpc) is 3.04. The number of carbonyl (C=O) groups excluding carboxylic acids is 3. The first-order valence-corrected chi connectivity index (χ1v) is 12.0. The van der Waals surface area contributed by atoms with Gasteiger partial charge in [0.05, 0.1) is 20.5 Å². The summed E-state index contributed by atoms with van der Waals surface area (Å²) in [6.45, 7) is 2.79. The number of amides is 3. The van der Waals surface area contributed by atoms with E-state index in [0.717, 1.165) is 0 Å². The van der Waals surface area contributed by atoms with Crippen molar-refractivity contribution in [3.05, 3.63) is 70.3 Å². The van der Waals surface area contributed by atoms with Crippen LogP contribution in [-0.4, -0.2) is 60.8 Å². The Morgan fingerprint density at radius 1 is 1.17 bits per heavy atom. The number of nitro groups is 1. The van der Waals surface area contributed by atoms with Crippen LogP contribution in [0.2, 0.25) is 0 Å². The van der Waals surface area contributed by atoms with E-state index in [1.165, 1.54) is 24.3 Å². The van der Waals surface area contributed by atoms with Crippen molar-refractivity contribution in [1.29, 1.82) is 0 Å². The molecule has 0 aromatic heterocycles. The normalized spacial score (nSPS) is 26.2. The Balaban J connectivity index is 1.44. The maximum atomic E-state index is 13.2. The van der Waals surface area contributed by atoms with Gasteiger partial charge in [-0.3, -0.25) is 19.1 Å². The topological polar surface area (TPSA) is 142 Å². The predicted octanol–water partition coefficient (Wildman–Crippen LogP) is 2.02. The third-order valence-electron chi connectivity index (χ3n) is 6.04. The summed E-state index contributed by atoms with van der Waals surface area (Å²) in [7, 11) is -1.62. The van der Waals surface area contributed by atoms with Crippen molar-refractivity contribution in [3.63, 3.8) is 0 Å². The molecule has 184 valence electrons. The molecule has 0 aliphatic carbocycles. The lowest BCUT2D eigenvalue weighted by Crippen LogP contribution is -2.81. The molecule has 4 rings (SSSR count). The Morgan fingerprint density at radius 3 is 2.46 bits per heavy atom. The van der Waals surface area contributed by atoms with Crippen molar-refractivity contribution in [2.24, 2.45) is 0 Å². The van der Waals surface area contributed by atoms with E-state index in [1.54, 1.807) is 44.2 Å². The molecule has 1 N–H and O–H groups in total. The van der Waals surface area contributed by atoms with Gasteiger partial charge < -0.3 is 14.8 Å². The molecule has 3 amide bonds. The van der Waals surface area contributed by atoms with Gasteiger partial charge in [-0.1, -0.05) is 18.2 Å². The van der Waals surface area contributed by atoms with Crippen LogP contribution < -0.4 is 10.1 Å². The highest BCUT2D eigenvalue weighted by molar-refractivity contribution is 7.87. The van der Waals surface area contributed by atoms with E-state index in [-0.39, 0.29) is 25.4 Å². The van der Waals surface area contributed by atoms with Crippen LogP contribution in [0, 0.1) is 10.1 Å². The summed E-state index contributed by atoms with van der Waals surface area (Å²) in [6, 6.07) is 13.0. The van der Waals surface area contributed by atoms with Gasteiger partial charge in [-0.15, -0.1) is 4.48 Å². The van der Waals surface area contributed by atoms with E-state index in [0.29, 0.717) is 11.3 Å². The fraction of sp³-hybridized carbons (Fsp3) is 0.348. The van der Waals surface area contributed by atoms with Crippen molar-refractivity contribution in [3.8, 4) is 5.75 Å². The van der Waals surface area contributed by atoms with Gasteiger partial charge in [-0.25, -0.2) is 4.79 Å². The molecule has 2 aromatic carbocycles. The largest absolute Gasteiger partial charge is 0.525 e. The number of nitrogens with zero attached hydrogens (tertiary/aromatic N) is 2. The molecule has 4 atom stereocenters. The standard InChI is InChI=1S/C23H23N3O8S/c1-23(2)14-26(22(29)34-12-15-8-10-16(11-9-15)25(30)31)20(28)19(21(26)35(23)32)24-18(27)13-33-17-6-4-3-5-7-17/h3-11,19,21H,12-14H2,1-2H3/p+1/t19?,21-,26?,35?/m0/s1. The number of quaternary nitrogens is 1. The Bertz CT molecular complexity index is 1200. The van der Waals surface area contributed by atoms with Crippen molar-refractivity contribution in [2.75, 3.05) is 13.2 Å². The fourth-order valence-corrected chi connectivity index (χ4v) is 6.37. The Morgan fingerprint density at radius 2 is 1.83 bits per heavy atom. The summed E-state index contributed by atoms with van der Waals surface area (Å²) in [5.41, 5.74) is 0.389. The minimum Gasteiger partial charge on any atom is -0.484 e. The van der Waals surface area contributed by atoms with Gasteiger partial charge in [-0.2, -0.15) is 4.79 Å². The maximum Gasteiger partial charge on any atom is 0.525 e. The van der Waals surface area contributed by atoms with Gasteiger partial charge >= 0.3 is 12.0 Å². The van der Waals surface area contributed by atoms with E-state index in [4.69, 9.17) is 9.47 Å². The first-order chi connectivity index (χ1) is 16.6. The fourth-order valence-electron chi connectivity index (χ4n) is 4.36. The van der Waals surface area contributed by atoms with Crippen LogP contribution in [0.5, 0.6) is 5.75 Å². The monoisotopic (exact) mass is 502 g/mol. The van der Waals surface area contributed by atoms with Gasteiger partial charge in [0.2, 0.25) is 11.4 Å². The summed E-state index contributed by atoms with van der Waals surface area (Å²) < 4.78 is 22.3. The number of fused-ring (bicyclic) bond motifs is 1. The number of rotatable bonds is 7. The molecule has 2 heterocycles. The van der Waals surface area contributed by atoms with E-state index < -0.39 is 54.3 Å². The van der Waals surface area contributed by atoms with Crippen LogP contribution in [-0.2, 0) is 31.7 Å². The molecule has 2 aliphatic heterocycles. The first-order valence-electron chi connectivity index (χ1n) is 10.8. The first kappa shape index (κ1) is 24.5. The minimum absolute atomic E-state index is 0.0326. The van der Waals surface area contributed by atoms with E-state index in [2.05, 4.69) is 5.32 Å². The number of nitro benzene ring substituents is 1. The van der Waals surface area contributed by atoms with Gasteiger partial charge in [-0.05, 0) is 43.7 Å². The van der Waals surface area contributed by atoms with E-state index >= 15 is 0 Å². The second-order valence-electron chi connectivity index (χ2n) is 8.94. The molecule has 3 unspecified atom stereocenters. The minimum atomic E-state index is -1.62. The molecular weight excluding hydrogens is 478 g/mol. The molecule has 2 saturated heterocycles. The number of nitrogens with one attached hydrogen (secondary N) is 1. The third kappa shape index (κ3) is 4.42. The smallest absolute Gasteiger partial charge is 0.484 e. The van der Waals surface area contributed by atoms with Gasteiger partial charge in [0.25, 0.3) is 11.6 Å². The lowest BCUT2D eigenvalue weighted by atomic mass is 10.00.